The normalized spacial score (nSPS) is 22.6. The minimum absolute atomic E-state index is 0. The van der Waals surface area contributed by atoms with Crippen LogP contribution in [0.4, 0.5) is 0 Å². The van der Waals surface area contributed by atoms with Crippen LogP contribution in [0.15, 0.2) is 22.4 Å². The average molecular weight is 372 g/mol. The van der Waals surface area contributed by atoms with E-state index in [1.165, 1.54) is 8.20 Å². The first kappa shape index (κ1) is 23.2. The molecular formula is C15H31Cl2NSiTi+. The molecular weight excluding hydrogens is 341 g/mol. The van der Waals surface area contributed by atoms with Gasteiger partial charge in [0.15, 0.2) is 0 Å². The first-order chi connectivity index (χ1) is 7.96. The third kappa shape index (κ3) is 3.47. The molecule has 0 saturated heterocycles. The van der Waals surface area contributed by atoms with Crippen molar-refractivity contribution in [3.05, 3.63) is 22.4 Å². The van der Waals surface area contributed by atoms with Gasteiger partial charge in [0.1, 0.15) is 0 Å². The Kier molecular flexibility index (Phi) is 8.68. The van der Waals surface area contributed by atoms with Crippen molar-refractivity contribution < 1.29 is 23.3 Å². The van der Waals surface area contributed by atoms with E-state index in [-0.39, 0.29) is 30.4 Å². The van der Waals surface area contributed by atoms with Crippen molar-refractivity contribution in [1.29, 1.82) is 0 Å². The number of nitrogens with zero attached hydrogens (tertiary/aromatic N) is 1. The van der Waals surface area contributed by atoms with Crippen LogP contribution < -0.4 is 0 Å². The molecule has 0 aromatic heterocycles. The summed E-state index contributed by atoms with van der Waals surface area (Å²) in [7, 11) is -0.857. The van der Waals surface area contributed by atoms with Crippen LogP contribution in [0, 0.1) is 5.92 Å². The van der Waals surface area contributed by atoms with Gasteiger partial charge in [-0.25, -0.2) is 0 Å². The summed E-state index contributed by atoms with van der Waals surface area (Å²) in [5, 5.41) is 0. The largest absolute Gasteiger partial charge is 0.147 e. The van der Waals surface area contributed by atoms with E-state index in [2.05, 4.69) is 82.3 Å². The molecule has 1 aliphatic rings. The van der Waals surface area contributed by atoms with Gasteiger partial charge in [0, 0.05) is 0 Å². The summed E-state index contributed by atoms with van der Waals surface area (Å²) in [6.45, 7) is 21.5. The monoisotopic (exact) mass is 371 g/mol. The molecule has 1 nitrogen and oxygen atoms in total. The number of hydrogen-bond donors (Lipinski definition) is 0. The zero-order chi connectivity index (χ0) is 14.5. The van der Waals surface area contributed by atoms with E-state index >= 15 is 0 Å². The molecule has 2 atom stereocenters. The van der Waals surface area contributed by atoms with E-state index in [0.29, 0.717) is 5.92 Å². The first-order valence-corrected chi connectivity index (χ1v) is 10.5. The van der Waals surface area contributed by atoms with Gasteiger partial charge in [-0.05, 0) is 0 Å². The maximum Gasteiger partial charge on any atom is -0.147 e. The van der Waals surface area contributed by atoms with Crippen LogP contribution in [-0.2, 0) is 20.7 Å². The van der Waals surface area contributed by atoms with Gasteiger partial charge in [0.25, 0.3) is 0 Å². The summed E-state index contributed by atoms with van der Waals surface area (Å²) in [6.07, 6.45) is 0. The topological polar surface area (TPSA) is 0 Å². The van der Waals surface area contributed by atoms with Crippen molar-refractivity contribution in [3.63, 3.8) is 0 Å². The number of quaternary nitrogens is 1. The zero-order valence-corrected chi connectivity index (χ0v) is 18.8. The summed E-state index contributed by atoms with van der Waals surface area (Å²) < 4.78 is 1.18. The molecule has 0 spiro atoms. The van der Waals surface area contributed by atoms with E-state index < -0.39 is 8.96 Å². The Morgan fingerprint density at radius 2 is 1.40 bits per heavy atom. The molecule has 20 heavy (non-hydrogen) atoms. The van der Waals surface area contributed by atoms with Crippen LogP contribution in [0.3, 0.4) is 0 Å². The predicted molar refractivity (Wildman–Crippen MR) is 93.6 cm³/mol. The molecule has 0 amide bonds. The molecule has 0 bridgehead atoms. The van der Waals surface area contributed by atoms with Crippen LogP contribution in [-0.4, -0.2) is 17.1 Å². The van der Waals surface area contributed by atoms with Gasteiger partial charge in [-0.2, -0.15) is 0 Å². The number of halogens is 2. The minimum atomic E-state index is -0.857. The molecule has 0 saturated carbocycles. The Balaban J connectivity index is 0. The summed E-state index contributed by atoms with van der Waals surface area (Å²) in [5.74, 6) is 0.615. The van der Waals surface area contributed by atoms with Crippen molar-refractivity contribution in [1.82, 2.24) is 0 Å². The molecule has 0 fully saturated rings. The van der Waals surface area contributed by atoms with E-state index in [4.69, 9.17) is 0 Å². The Hall–Kier alpha value is 0.951. The molecule has 0 radical (unpaired) electrons. The van der Waals surface area contributed by atoms with Gasteiger partial charge in [-0.3, -0.25) is 0 Å². The van der Waals surface area contributed by atoms with Crippen molar-refractivity contribution in [3.8, 4) is 0 Å². The second-order valence-electron chi connectivity index (χ2n) is 7.03. The molecule has 0 aliphatic heterocycles. The molecule has 0 N–H and O–H groups in total. The van der Waals surface area contributed by atoms with E-state index in [1.807, 2.05) is 0 Å². The number of hydrogen-bond acceptors (Lipinski definition) is 0. The maximum absolute atomic E-state index is 2.49. The fourth-order valence-electron chi connectivity index (χ4n) is 3.33. The third-order valence-electron chi connectivity index (χ3n) is 4.81. The van der Waals surface area contributed by atoms with Crippen molar-refractivity contribution in [2.75, 3.05) is 0 Å². The standard InChI is InChI=1S/C15H29NSi.2ClH.Ti/c1-10-11(2)13(4)14(12(10)3)16(17(8)9)15(5,6)7;;;/h12,17H,1-9H3;2*1H;/q;;;+1. The average Bonchev–Trinajstić information content (AvgIpc) is 2.41. The van der Waals surface area contributed by atoms with Gasteiger partial charge in [-0.1, -0.05) is 0 Å². The Bertz CT molecular complexity index is 424. The maximum atomic E-state index is 2.49. The Morgan fingerprint density at radius 1 is 1.00 bits per heavy atom. The van der Waals surface area contributed by atoms with Gasteiger partial charge in [0.2, 0.25) is 0 Å². The van der Waals surface area contributed by atoms with Gasteiger partial charge < -0.3 is 0 Å². The second kappa shape index (κ2) is 7.48. The predicted octanol–water partition coefficient (Wildman–Crippen LogP) is 5.15. The summed E-state index contributed by atoms with van der Waals surface area (Å²) in [6, 6.07) is 0. The SMILES string of the molecule is CC1=C(C)C(C)C([N+]([Ti])([SiH](C)C)C(C)(C)C)=C1C.Cl.Cl. The molecule has 0 aromatic rings. The number of allylic oxidation sites excluding steroid dienone is 3. The second-order valence-corrected chi connectivity index (χ2v) is 11.9. The van der Waals surface area contributed by atoms with Crippen LogP contribution in [0.2, 0.25) is 13.1 Å². The Morgan fingerprint density at radius 3 is 1.60 bits per heavy atom. The fourth-order valence-corrected chi connectivity index (χ4v) is 6.41. The van der Waals surface area contributed by atoms with E-state index in [0.717, 1.165) is 0 Å². The molecule has 0 heterocycles. The van der Waals surface area contributed by atoms with Gasteiger partial charge in [0.05, 0.1) is 0 Å². The van der Waals surface area contributed by atoms with Crippen molar-refractivity contribution >= 4 is 33.8 Å². The summed E-state index contributed by atoms with van der Waals surface area (Å²) >= 11 is 2.47. The van der Waals surface area contributed by atoms with E-state index in [9.17, 15) is 0 Å². The van der Waals surface area contributed by atoms with Crippen LogP contribution in [0.25, 0.3) is 0 Å². The van der Waals surface area contributed by atoms with Crippen LogP contribution in [0.1, 0.15) is 48.5 Å². The van der Waals surface area contributed by atoms with Crippen LogP contribution >= 0.6 is 24.8 Å². The molecule has 5 heteroatoms. The van der Waals surface area contributed by atoms with E-state index in [1.54, 1.807) is 16.8 Å². The quantitative estimate of drug-likeness (QED) is 0.588. The summed E-state index contributed by atoms with van der Waals surface area (Å²) in [4.78, 5) is 0. The van der Waals surface area contributed by atoms with Crippen molar-refractivity contribution in [2.45, 2.75) is 67.1 Å². The fraction of sp³-hybridized carbons (Fsp3) is 0.733. The zero-order valence-electron chi connectivity index (χ0n) is 14.4. The minimum Gasteiger partial charge on any atom is -0.147 e. The molecule has 2 unspecified atom stereocenters. The van der Waals surface area contributed by atoms with Gasteiger partial charge >= 0.3 is 128 Å². The molecule has 117 valence electrons. The van der Waals surface area contributed by atoms with Crippen LogP contribution in [0.5, 0.6) is 0 Å². The van der Waals surface area contributed by atoms with Gasteiger partial charge in [-0.15, -0.1) is 24.8 Å². The molecule has 1 rings (SSSR count). The summed E-state index contributed by atoms with van der Waals surface area (Å²) in [5.41, 5.74) is 6.63. The third-order valence-corrected chi connectivity index (χ3v) is 11.3. The number of rotatable bonds is 2. The first-order valence-electron chi connectivity index (χ1n) is 6.99. The molecule has 0 aromatic carbocycles. The van der Waals surface area contributed by atoms with Crippen molar-refractivity contribution in [2.24, 2.45) is 5.92 Å². The smallest absolute Gasteiger partial charge is 0.147 e. The molecule has 1 aliphatic carbocycles. The Labute approximate surface area is 152 Å².